The van der Waals surface area contributed by atoms with Gasteiger partial charge in [0.05, 0.1) is 16.6 Å². The summed E-state index contributed by atoms with van der Waals surface area (Å²) in [5.74, 6) is 0.0254. The summed E-state index contributed by atoms with van der Waals surface area (Å²) in [5, 5.41) is 7.96. The first-order valence-corrected chi connectivity index (χ1v) is 9.32. The zero-order chi connectivity index (χ0) is 19.7. The molecule has 0 aliphatic heterocycles. The second kappa shape index (κ2) is 7.46. The van der Waals surface area contributed by atoms with Crippen molar-refractivity contribution in [3.63, 3.8) is 0 Å². The second-order valence-electron chi connectivity index (χ2n) is 7.01. The third-order valence-electron chi connectivity index (χ3n) is 5.01. The third-order valence-corrected chi connectivity index (χ3v) is 5.01. The van der Waals surface area contributed by atoms with Crippen LogP contribution in [-0.2, 0) is 7.05 Å². The fourth-order valence-electron chi connectivity index (χ4n) is 3.51. The molecule has 1 aromatic carbocycles. The summed E-state index contributed by atoms with van der Waals surface area (Å²) in [7, 11) is 1.78. The number of anilines is 2. The van der Waals surface area contributed by atoms with Gasteiger partial charge < -0.3 is 15.8 Å². The van der Waals surface area contributed by atoms with Crippen LogP contribution in [0.5, 0.6) is 5.88 Å². The van der Waals surface area contributed by atoms with E-state index in [0.717, 1.165) is 23.7 Å². The number of amides is 1. The number of hydrogen-bond acceptors (Lipinski definition) is 5. The molecule has 0 spiro atoms. The topological polar surface area (TPSA) is 95.1 Å². The summed E-state index contributed by atoms with van der Waals surface area (Å²) < 4.78 is 21.7. The quantitative estimate of drug-likeness (QED) is 0.719. The number of nitrogens with zero attached hydrogens (tertiary/aromatic N) is 3. The Kier molecular flexibility index (Phi) is 4.85. The summed E-state index contributed by atoms with van der Waals surface area (Å²) in [6.07, 6.45) is 3.17. The number of nitrogens with two attached hydrogens (primary N) is 1. The highest BCUT2D eigenvalue weighted by Gasteiger charge is 2.28. The molecule has 2 heterocycles. The van der Waals surface area contributed by atoms with E-state index in [9.17, 15) is 9.18 Å². The Morgan fingerprint density at radius 3 is 2.93 bits per heavy atom. The van der Waals surface area contributed by atoms with Gasteiger partial charge in [-0.15, -0.1) is 5.10 Å². The Morgan fingerprint density at radius 1 is 1.32 bits per heavy atom. The predicted octanol–water partition coefficient (Wildman–Crippen LogP) is 3.46. The number of pyridine rings is 1. The Morgan fingerprint density at radius 2 is 2.14 bits per heavy atom. The summed E-state index contributed by atoms with van der Waals surface area (Å²) in [4.78, 5) is 16.4. The molecule has 1 aliphatic rings. The molecule has 146 valence electrons. The van der Waals surface area contributed by atoms with E-state index in [1.165, 1.54) is 6.20 Å². The molecule has 1 fully saturated rings. The minimum atomic E-state index is -0.965. The minimum absolute atomic E-state index is 0.169. The molecule has 28 heavy (non-hydrogen) atoms. The van der Waals surface area contributed by atoms with Gasteiger partial charge in [-0.3, -0.25) is 9.48 Å². The highest BCUT2D eigenvalue weighted by atomic mass is 19.1. The van der Waals surface area contributed by atoms with Crippen LogP contribution in [0, 0.1) is 0 Å². The largest absolute Gasteiger partial charge is 0.470 e. The van der Waals surface area contributed by atoms with Crippen LogP contribution in [0.4, 0.5) is 15.8 Å². The first kappa shape index (κ1) is 18.2. The van der Waals surface area contributed by atoms with Crippen molar-refractivity contribution in [3.8, 4) is 5.88 Å². The van der Waals surface area contributed by atoms with Crippen molar-refractivity contribution in [2.75, 3.05) is 11.1 Å². The van der Waals surface area contributed by atoms with Crippen LogP contribution in [0.1, 0.15) is 36.2 Å². The molecule has 8 heteroatoms. The minimum Gasteiger partial charge on any atom is -0.470 e. The fourth-order valence-corrected chi connectivity index (χ4v) is 3.51. The maximum Gasteiger partial charge on any atom is 0.276 e. The Hall–Kier alpha value is -3.16. The number of carbonyl (C=O) groups is 1. The maximum absolute atomic E-state index is 14.1. The van der Waals surface area contributed by atoms with Crippen molar-refractivity contribution in [2.45, 2.75) is 38.0 Å². The standard InChI is InChI=1S/C20H22FN5O2/c1-26-16-11-12(24-19(27)18-15(22)6-4-10-23-18)8-9-13(16)20(25-26)28-17-7-3-2-5-14(17)21/h4,6,8-11,14,17H,2-3,5,7,22H2,1H3,(H,24,27). The van der Waals surface area contributed by atoms with Gasteiger partial charge in [0, 0.05) is 18.9 Å². The number of rotatable bonds is 4. The fraction of sp³-hybridized carbons (Fsp3) is 0.350. The molecule has 2 atom stereocenters. The van der Waals surface area contributed by atoms with E-state index in [0.29, 0.717) is 30.1 Å². The van der Waals surface area contributed by atoms with Crippen molar-refractivity contribution in [1.82, 2.24) is 14.8 Å². The lowest BCUT2D eigenvalue weighted by molar-refractivity contribution is 0.0608. The monoisotopic (exact) mass is 383 g/mol. The number of ether oxygens (including phenoxy) is 1. The number of halogens is 1. The lowest BCUT2D eigenvalue weighted by atomic mass is 9.96. The van der Waals surface area contributed by atoms with Gasteiger partial charge in [-0.05, 0) is 49.6 Å². The molecular weight excluding hydrogens is 361 g/mol. The summed E-state index contributed by atoms with van der Waals surface area (Å²) in [6.45, 7) is 0. The first-order chi connectivity index (χ1) is 13.5. The van der Waals surface area contributed by atoms with E-state index in [1.807, 2.05) is 6.07 Å². The molecule has 4 rings (SSSR count). The molecule has 1 amide bonds. The van der Waals surface area contributed by atoms with Gasteiger partial charge in [0.2, 0.25) is 5.88 Å². The van der Waals surface area contributed by atoms with Crippen LogP contribution in [0.25, 0.3) is 10.9 Å². The van der Waals surface area contributed by atoms with E-state index < -0.39 is 18.2 Å². The molecule has 7 nitrogen and oxygen atoms in total. The summed E-state index contributed by atoms with van der Waals surface area (Å²) in [6, 6.07) is 8.65. The van der Waals surface area contributed by atoms with Crippen LogP contribution in [-0.4, -0.2) is 32.9 Å². The van der Waals surface area contributed by atoms with E-state index >= 15 is 0 Å². The number of benzene rings is 1. The van der Waals surface area contributed by atoms with Crippen molar-refractivity contribution in [1.29, 1.82) is 0 Å². The van der Waals surface area contributed by atoms with Crippen LogP contribution in [0.15, 0.2) is 36.5 Å². The number of carbonyl (C=O) groups excluding carboxylic acids is 1. The third kappa shape index (κ3) is 3.49. The van der Waals surface area contributed by atoms with Crippen molar-refractivity contribution in [3.05, 3.63) is 42.2 Å². The van der Waals surface area contributed by atoms with Gasteiger partial charge in [0.1, 0.15) is 12.3 Å². The maximum atomic E-state index is 14.1. The molecule has 0 bridgehead atoms. The highest BCUT2D eigenvalue weighted by Crippen LogP contribution is 2.31. The molecule has 3 aromatic rings. The normalized spacial score (nSPS) is 19.5. The van der Waals surface area contributed by atoms with Crippen LogP contribution < -0.4 is 15.8 Å². The Balaban J connectivity index is 1.57. The van der Waals surface area contributed by atoms with Crippen molar-refractivity contribution >= 4 is 28.2 Å². The number of hydrogen-bond donors (Lipinski definition) is 2. The van der Waals surface area contributed by atoms with Crippen LogP contribution >= 0.6 is 0 Å². The lowest BCUT2D eigenvalue weighted by Gasteiger charge is -2.25. The molecule has 2 unspecified atom stereocenters. The molecule has 1 saturated carbocycles. The summed E-state index contributed by atoms with van der Waals surface area (Å²) >= 11 is 0. The highest BCUT2D eigenvalue weighted by molar-refractivity contribution is 6.06. The average molecular weight is 383 g/mol. The number of alkyl halides is 1. The van der Waals surface area contributed by atoms with Crippen molar-refractivity contribution in [2.24, 2.45) is 7.05 Å². The van der Waals surface area contributed by atoms with Crippen LogP contribution in [0.2, 0.25) is 0 Å². The van der Waals surface area contributed by atoms with Gasteiger partial charge in [0.25, 0.3) is 5.91 Å². The second-order valence-corrected chi connectivity index (χ2v) is 7.01. The molecule has 1 aliphatic carbocycles. The van der Waals surface area contributed by atoms with Crippen molar-refractivity contribution < 1.29 is 13.9 Å². The number of fused-ring (bicyclic) bond motifs is 1. The van der Waals surface area contributed by atoms with Gasteiger partial charge in [-0.1, -0.05) is 6.42 Å². The van der Waals surface area contributed by atoms with E-state index in [-0.39, 0.29) is 5.69 Å². The predicted molar refractivity (Wildman–Crippen MR) is 105 cm³/mol. The zero-order valence-electron chi connectivity index (χ0n) is 15.6. The Bertz CT molecular complexity index is 1020. The average Bonchev–Trinajstić information content (AvgIpc) is 2.99. The zero-order valence-corrected chi connectivity index (χ0v) is 15.6. The number of nitrogens with one attached hydrogen (secondary N) is 1. The van der Waals surface area contributed by atoms with E-state index in [4.69, 9.17) is 10.5 Å². The van der Waals surface area contributed by atoms with Crippen LogP contribution in [0.3, 0.4) is 0 Å². The molecule has 0 saturated heterocycles. The van der Waals surface area contributed by atoms with Gasteiger partial charge in [0.15, 0.2) is 5.69 Å². The smallest absolute Gasteiger partial charge is 0.276 e. The molecule has 3 N–H and O–H groups in total. The van der Waals surface area contributed by atoms with Gasteiger partial charge in [-0.2, -0.15) is 0 Å². The molecule has 0 radical (unpaired) electrons. The Labute approximate surface area is 161 Å². The molecular formula is C20H22FN5O2. The van der Waals surface area contributed by atoms with E-state index in [1.54, 1.807) is 36.0 Å². The van der Waals surface area contributed by atoms with Gasteiger partial charge in [-0.25, -0.2) is 9.37 Å². The molecule has 2 aromatic heterocycles. The van der Waals surface area contributed by atoms with E-state index in [2.05, 4.69) is 15.4 Å². The SMILES string of the molecule is Cn1nc(OC2CCCCC2F)c2ccc(NC(=O)c3ncccc3N)cc21. The number of aryl methyl sites for hydroxylation is 1. The first-order valence-electron chi connectivity index (χ1n) is 9.32. The van der Waals surface area contributed by atoms with Gasteiger partial charge >= 0.3 is 0 Å². The summed E-state index contributed by atoms with van der Waals surface area (Å²) in [5.41, 5.74) is 7.64. The number of nitrogen functional groups attached to an aromatic ring is 1. The lowest BCUT2D eigenvalue weighted by Crippen LogP contribution is -2.31. The number of aromatic nitrogens is 3.